The van der Waals surface area contributed by atoms with E-state index in [0.717, 1.165) is 11.3 Å². The number of hydrogen-bond donors (Lipinski definition) is 2. The van der Waals surface area contributed by atoms with Gasteiger partial charge in [-0.25, -0.2) is 0 Å². The van der Waals surface area contributed by atoms with Crippen molar-refractivity contribution in [2.24, 2.45) is 5.73 Å². The molecule has 0 unspecified atom stereocenters. The number of rotatable bonds is 4. The Morgan fingerprint density at radius 2 is 2.41 bits per heavy atom. The van der Waals surface area contributed by atoms with E-state index in [1.165, 1.54) is 0 Å². The highest BCUT2D eigenvalue weighted by molar-refractivity contribution is 5.73. The van der Waals surface area contributed by atoms with E-state index in [0.29, 0.717) is 13.2 Å². The van der Waals surface area contributed by atoms with Gasteiger partial charge in [-0.05, 0) is 24.1 Å². The third kappa shape index (κ3) is 2.76. The van der Waals surface area contributed by atoms with Crippen LogP contribution in [0.25, 0.3) is 0 Å². The lowest BCUT2D eigenvalue weighted by Gasteiger charge is -2.15. The van der Waals surface area contributed by atoms with E-state index >= 15 is 0 Å². The molecule has 0 fully saturated rings. The molecule has 2 rings (SSSR count). The van der Waals surface area contributed by atoms with E-state index in [1.807, 2.05) is 35.4 Å². The molecule has 1 aliphatic heterocycles. The molecule has 1 aromatic carbocycles. The number of nitrogens with two attached hydrogens (primary N) is 1. The number of benzene rings is 1. The molecule has 1 heterocycles. The summed E-state index contributed by atoms with van der Waals surface area (Å²) in [5, 5.41) is 8.76. The van der Waals surface area contributed by atoms with Crippen molar-refractivity contribution in [3.63, 3.8) is 0 Å². The molecule has 3 N–H and O–H groups in total. The maximum absolute atomic E-state index is 10.7. The Morgan fingerprint density at radius 3 is 3.06 bits per heavy atom. The number of nitrogens with zero attached hydrogens (tertiary/aromatic N) is 1. The van der Waals surface area contributed by atoms with Gasteiger partial charge in [0.1, 0.15) is 12.3 Å². The molecule has 0 radical (unpaired) electrons. The first kappa shape index (κ1) is 11.5. The average Bonchev–Trinajstić information content (AvgIpc) is 2.82. The second kappa shape index (κ2) is 4.88. The van der Waals surface area contributed by atoms with Crippen molar-refractivity contribution in [1.82, 2.24) is 0 Å². The van der Waals surface area contributed by atoms with Crippen LogP contribution in [-0.4, -0.2) is 23.8 Å². The average molecular weight is 234 g/mol. The van der Waals surface area contributed by atoms with Crippen LogP contribution in [0.4, 0.5) is 5.69 Å². The minimum Gasteiger partial charge on any atom is -0.480 e. The highest BCUT2D eigenvalue weighted by atomic mass is 16.5. The summed E-state index contributed by atoms with van der Waals surface area (Å²) in [6.07, 6.45) is 3.77. The molecule has 5 nitrogen and oxygen atoms in total. The van der Waals surface area contributed by atoms with E-state index in [9.17, 15) is 4.79 Å². The number of carboxylic acid groups (broad SMARTS) is 1. The standard InChI is InChI=1S/C12H14N2O3/c13-11(12(15)16)7-9-2-1-3-10(6-9)14-4-5-17-8-14/h1-6,11H,7-8,13H2,(H,15,16)/t11-/m1/s1. The summed E-state index contributed by atoms with van der Waals surface area (Å²) in [6.45, 7) is 0.481. The van der Waals surface area contributed by atoms with E-state index in [1.54, 1.807) is 6.26 Å². The number of hydrogen-bond acceptors (Lipinski definition) is 4. The molecule has 0 saturated carbocycles. The van der Waals surface area contributed by atoms with Crippen molar-refractivity contribution < 1.29 is 14.6 Å². The van der Waals surface area contributed by atoms with Crippen LogP contribution in [0.5, 0.6) is 0 Å². The minimum atomic E-state index is -0.986. The maximum atomic E-state index is 10.7. The zero-order chi connectivity index (χ0) is 12.3. The summed E-state index contributed by atoms with van der Waals surface area (Å²) in [7, 11) is 0. The molecule has 5 heteroatoms. The van der Waals surface area contributed by atoms with E-state index in [4.69, 9.17) is 15.6 Å². The van der Waals surface area contributed by atoms with Crippen LogP contribution in [0.15, 0.2) is 36.7 Å². The molecule has 1 aliphatic rings. The van der Waals surface area contributed by atoms with Crippen LogP contribution in [0.1, 0.15) is 5.56 Å². The number of carbonyl (C=O) groups is 1. The van der Waals surface area contributed by atoms with Crippen molar-refractivity contribution in [2.45, 2.75) is 12.5 Å². The molecule has 0 amide bonds. The molecular weight excluding hydrogens is 220 g/mol. The third-order valence-electron chi connectivity index (χ3n) is 2.57. The van der Waals surface area contributed by atoms with Crippen LogP contribution in [-0.2, 0) is 16.0 Å². The van der Waals surface area contributed by atoms with Crippen molar-refractivity contribution in [3.05, 3.63) is 42.3 Å². The molecule has 90 valence electrons. The molecule has 0 bridgehead atoms. The molecule has 0 aromatic heterocycles. The van der Waals surface area contributed by atoms with Gasteiger partial charge in [0.25, 0.3) is 0 Å². The second-order valence-corrected chi connectivity index (χ2v) is 3.87. The monoisotopic (exact) mass is 234 g/mol. The van der Waals surface area contributed by atoms with Gasteiger partial charge < -0.3 is 20.5 Å². The molecule has 0 saturated heterocycles. The fourth-order valence-corrected chi connectivity index (χ4v) is 1.65. The van der Waals surface area contributed by atoms with Crippen LogP contribution < -0.4 is 10.6 Å². The van der Waals surface area contributed by atoms with Crippen LogP contribution >= 0.6 is 0 Å². The summed E-state index contributed by atoms with van der Waals surface area (Å²) in [6, 6.07) is 6.74. The lowest BCUT2D eigenvalue weighted by molar-refractivity contribution is -0.138. The summed E-state index contributed by atoms with van der Waals surface area (Å²) in [5.74, 6) is -0.986. The molecule has 0 spiro atoms. The SMILES string of the molecule is N[C@H](Cc1cccc(N2C=COC2)c1)C(=O)O. The van der Waals surface area contributed by atoms with E-state index < -0.39 is 12.0 Å². The predicted molar refractivity (Wildman–Crippen MR) is 63.3 cm³/mol. The van der Waals surface area contributed by atoms with Gasteiger partial charge in [-0.3, -0.25) is 4.79 Å². The predicted octanol–water partition coefficient (Wildman–Crippen LogP) is 0.906. The highest BCUT2D eigenvalue weighted by Crippen LogP contribution is 2.19. The molecule has 1 atom stereocenters. The highest BCUT2D eigenvalue weighted by Gasteiger charge is 2.13. The van der Waals surface area contributed by atoms with Gasteiger partial charge in [0.15, 0.2) is 6.73 Å². The normalized spacial score (nSPS) is 15.7. The Morgan fingerprint density at radius 1 is 1.59 bits per heavy atom. The Labute approximate surface area is 99.1 Å². The van der Waals surface area contributed by atoms with Crippen LogP contribution in [0.3, 0.4) is 0 Å². The summed E-state index contributed by atoms with van der Waals surface area (Å²) in [4.78, 5) is 12.6. The van der Waals surface area contributed by atoms with Gasteiger partial charge in [0.05, 0.1) is 0 Å². The Balaban J connectivity index is 2.11. The fraction of sp³-hybridized carbons (Fsp3) is 0.250. The van der Waals surface area contributed by atoms with Gasteiger partial charge in [-0.1, -0.05) is 12.1 Å². The maximum Gasteiger partial charge on any atom is 0.320 e. The molecule has 1 aromatic rings. The van der Waals surface area contributed by atoms with Crippen molar-refractivity contribution >= 4 is 11.7 Å². The lowest BCUT2D eigenvalue weighted by atomic mass is 10.1. The fourth-order valence-electron chi connectivity index (χ4n) is 1.65. The smallest absolute Gasteiger partial charge is 0.320 e. The number of ether oxygens (including phenoxy) is 1. The summed E-state index contributed by atoms with van der Waals surface area (Å²) >= 11 is 0. The van der Waals surface area contributed by atoms with Crippen LogP contribution in [0.2, 0.25) is 0 Å². The van der Waals surface area contributed by atoms with Gasteiger partial charge >= 0.3 is 5.97 Å². The zero-order valence-corrected chi connectivity index (χ0v) is 9.24. The van der Waals surface area contributed by atoms with Gasteiger partial charge in [0, 0.05) is 11.9 Å². The Bertz CT molecular complexity index is 445. The molecular formula is C12H14N2O3. The topological polar surface area (TPSA) is 75.8 Å². The second-order valence-electron chi connectivity index (χ2n) is 3.87. The third-order valence-corrected chi connectivity index (χ3v) is 2.57. The lowest BCUT2D eigenvalue weighted by Crippen LogP contribution is -2.32. The quantitative estimate of drug-likeness (QED) is 0.809. The summed E-state index contributed by atoms with van der Waals surface area (Å²) < 4.78 is 5.10. The van der Waals surface area contributed by atoms with E-state index in [2.05, 4.69) is 0 Å². The van der Waals surface area contributed by atoms with Crippen molar-refractivity contribution in [1.29, 1.82) is 0 Å². The molecule has 17 heavy (non-hydrogen) atoms. The number of carboxylic acids is 1. The van der Waals surface area contributed by atoms with Gasteiger partial charge in [0.2, 0.25) is 0 Å². The Kier molecular flexibility index (Phi) is 3.30. The van der Waals surface area contributed by atoms with Crippen molar-refractivity contribution in [3.8, 4) is 0 Å². The minimum absolute atomic E-state index is 0.321. The van der Waals surface area contributed by atoms with Gasteiger partial charge in [-0.2, -0.15) is 0 Å². The summed E-state index contributed by atoms with van der Waals surface area (Å²) in [5.41, 5.74) is 7.37. The number of anilines is 1. The molecule has 0 aliphatic carbocycles. The first-order chi connectivity index (χ1) is 8.16. The largest absolute Gasteiger partial charge is 0.480 e. The van der Waals surface area contributed by atoms with Crippen molar-refractivity contribution in [2.75, 3.05) is 11.6 Å². The van der Waals surface area contributed by atoms with E-state index in [-0.39, 0.29) is 0 Å². The first-order valence-corrected chi connectivity index (χ1v) is 5.29. The van der Waals surface area contributed by atoms with Crippen LogP contribution in [0, 0.1) is 0 Å². The first-order valence-electron chi connectivity index (χ1n) is 5.29. The number of aliphatic carboxylic acids is 1. The Hall–Kier alpha value is -2.01. The zero-order valence-electron chi connectivity index (χ0n) is 9.24. The van der Waals surface area contributed by atoms with Gasteiger partial charge in [-0.15, -0.1) is 0 Å².